The van der Waals surface area contributed by atoms with E-state index in [4.69, 9.17) is 0 Å². The van der Waals surface area contributed by atoms with Crippen LogP contribution in [0.5, 0.6) is 0 Å². The lowest BCUT2D eigenvalue weighted by Crippen LogP contribution is -1.93. The molecule has 1 heterocycles. The van der Waals surface area contributed by atoms with Crippen molar-refractivity contribution in [2.75, 3.05) is 0 Å². The van der Waals surface area contributed by atoms with Crippen molar-refractivity contribution in [3.05, 3.63) is 29.5 Å². The first-order chi connectivity index (χ1) is 7.22. The van der Waals surface area contributed by atoms with Gasteiger partial charge in [-0.25, -0.2) is 0 Å². The molecule has 0 aliphatic heterocycles. The van der Waals surface area contributed by atoms with Crippen molar-refractivity contribution in [3.63, 3.8) is 0 Å². The van der Waals surface area contributed by atoms with Gasteiger partial charge in [-0.1, -0.05) is 19.1 Å². The van der Waals surface area contributed by atoms with Gasteiger partial charge in [-0.3, -0.25) is 0 Å². The van der Waals surface area contributed by atoms with Crippen molar-refractivity contribution in [3.8, 4) is 0 Å². The molecule has 0 aliphatic rings. The Bertz CT molecular complexity index is 489. The van der Waals surface area contributed by atoms with Crippen LogP contribution in [0.25, 0.3) is 10.1 Å². The molecule has 2 rings (SSSR count). The molecule has 78 valence electrons. The normalized spacial score (nSPS) is 12.9. The highest BCUT2D eigenvalue weighted by atomic mass is 32.1. The van der Waals surface area contributed by atoms with E-state index in [2.05, 4.69) is 29.5 Å². The van der Waals surface area contributed by atoms with Gasteiger partial charge in [0.1, 0.15) is 6.29 Å². The Morgan fingerprint density at radius 3 is 3.07 bits per heavy atom. The molecule has 1 aromatic carbocycles. The van der Waals surface area contributed by atoms with Crippen LogP contribution in [-0.2, 0) is 4.79 Å². The van der Waals surface area contributed by atoms with Crippen LogP contribution >= 0.6 is 11.5 Å². The molecule has 0 amide bonds. The Morgan fingerprint density at radius 2 is 2.33 bits per heavy atom. The third-order valence-electron chi connectivity index (χ3n) is 2.70. The molecule has 2 aromatic rings. The van der Waals surface area contributed by atoms with Gasteiger partial charge in [0.15, 0.2) is 0 Å². The zero-order chi connectivity index (χ0) is 10.8. The Labute approximate surface area is 93.1 Å². The Morgan fingerprint density at radius 1 is 1.53 bits per heavy atom. The number of benzene rings is 1. The van der Waals surface area contributed by atoms with Gasteiger partial charge in [0.05, 0.1) is 10.4 Å². The molecule has 0 spiro atoms. The fraction of sp³-hybridized carbons (Fsp3) is 0.333. The van der Waals surface area contributed by atoms with Gasteiger partial charge in [0.2, 0.25) is 0 Å². The summed E-state index contributed by atoms with van der Waals surface area (Å²) in [5.74, 6) is 0.300. The van der Waals surface area contributed by atoms with Gasteiger partial charge in [-0.15, -0.1) is 0 Å². The second kappa shape index (κ2) is 4.11. The molecule has 0 radical (unpaired) electrons. The summed E-state index contributed by atoms with van der Waals surface area (Å²) in [6.45, 7) is 4.09. The number of fused-ring (bicyclic) bond motifs is 1. The molecule has 0 bridgehead atoms. The van der Waals surface area contributed by atoms with Crippen LogP contribution in [0.1, 0.15) is 30.5 Å². The van der Waals surface area contributed by atoms with Gasteiger partial charge in [0, 0.05) is 11.8 Å². The molecule has 0 saturated heterocycles. The van der Waals surface area contributed by atoms with Gasteiger partial charge in [-0.2, -0.15) is 4.37 Å². The Balaban J connectivity index is 2.42. The fourth-order valence-corrected chi connectivity index (χ4v) is 2.50. The highest BCUT2D eigenvalue weighted by molar-refractivity contribution is 7.13. The van der Waals surface area contributed by atoms with Gasteiger partial charge in [-0.05, 0) is 36.0 Å². The van der Waals surface area contributed by atoms with Crippen LogP contribution in [-0.4, -0.2) is 10.7 Å². The maximum Gasteiger partial charge on any atom is 0.120 e. The summed E-state index contributed by atoms with van der Waals surface area (Å²) >= 11 is 1.53. The van der Waals surface area contributed by atoms with E-state index in [0.29, 0.717) is 12.3 Å². The summed E-state index contributed by atoms with van der Waals surface area (Å²) in [4.78, 5) is 10.4. The van der Waals surface area contributed by atoms with Crippen LogP contribution in [0.3, 0.4) is 0 Å². The molecule has 1 atom stereocenters. The fourth-order valence-electron chi connectivity index (χ4n) is 1.67. The lowest BCUT2D eigenvalue weighted by molar-refractivity contribution is -0.108. The highest BCUT2D eigenvalue weighted by Crippen LogP contribution is 2.27. The van der Waals surface area contributed by atoms with Crippen molar-refractivity contribution in [2.24, 2.45) is 0 Å². The van der Waals surface area contributed by atoms with Crippen LogP contribution in [0.4, 0.5) is 0 Å². The molecule has 0 N–H and O–H groups in total. The molecule has 3 heteroatoms. The summed E-state index contributed by atoms with van der Waals surface area (Å²) in [6.07, 6.45) is 1.57. The molecule has 1 unspecified atom stereocenters. The van der Waals surface area contributed by atoms with E-state index in [1.807, 2.05) is 6.92 Å². The first kappa shape index (κ1) is 10.3. The Hall–Kier alpha value is -1.22. The average Bonchev–Trinajstić information content (AvgIpc) is 2.60. The number of hydrogen-bond donors (Lipinski definition) is 0. The third kappa shape index (κ3) is 1.92. The van der Waals surface area contributed by atoms with Crippen molar-refractivity contribution in [2.45, 2.75) is 26.2 Å². The summed E-state index contributed by atoms with van der Waals surface area (Å²) in [5.41, 5.74) is 2.31. The van der Waals surface area contributed by atoms with Crippen molar-refractivity contribution >= 4 is 27.9 Å². The lowest BCUT2D eigenvalue weighted by atomic mass is 9.98. The van der Waals surface area contributed by atoms with Gasteiger partial charge >= 0.3 is 0 Å². The van der Waals surface area contributed by atoms with Gasteiger partial charge < -0.3 is 4.79 Å². The molecular weight excluding hydrogens is 206 g/mol. The quantitative estimate of drug-likeness (QED) is 0.741. The minimum atomic E-state index is 0.300. The van der Waals surface area contributed by atoms with Crippen molar-refractivity contribution < 1.29 is 4.79 Å². The number of carbonyl (C=O) groups excluding carboxylic acids is 1. The standard InChI is InChI=1S/C12H13NOS/c1-8(5-6-14)10-3-4-11-9(2)13-15-12(11)7-10/h3-4,6-8H,5H2,1-2H3. The second-order valence-corrected chi connectivity index (χ2v) is 4.63. The number of nitrogens with zero attached hydrogens (tertiary/aromatic N) is 1. The molecule has 0 saturated carbocycles. The van der Waals surface area contributed by atoms with E-state index < -0.39 is 0 Å². The Kier molecular flexibility index (Phi) is 2.82. The minimum absolute atomic E-state index is 0.300. The predicted molar refractivity (Wildman–Crippen MR) is 63.5 cm³/mol. The number of aldehydes is 1. The summed E-state index contributed by atoms with van der Waals surface area (Å²) in [5, 5.41) is 1.22. The second-order valence-electron chi connectivity index (χ2n) is 3.83. The predicted octanol–water partition coefficient (Wildman–Crippen LogP) is 3.30. The minimum Gasteiger partial charge on any atom is -0.303 e. The number of aromatic nitrogens is 1. The maximum absolute atomic E-state index is 10.4. The van der Waals surface area contributed by atoms with E-state index in [0.717, 1.165) is 12.0 Å². The van der Waals surface area contributed by atoms with Crippen LogP contribution in [0, 0.1) is 6.92 Å². The topological polar surface area (TPSA) is 30.0 Å². The monoisotopic (exact) mass is 219 g/mol. The van der Waals surface area contributed by atoms with Crippen molar-refractivity contribution in [1.82, 2.24) is 4.37 Å². The number of aryl methyl sites for hydroxylation is 1. The number of rotatable bonds is 3. The first-order valence-corrected chi connectivity index (χ1v) is 5.79. The molecule has 1 aromatic heterocycles. The molecule has 15 heavy (non-hydrogen) atoms. The van der Waals surface area contributed by atoms with Gasteiger partial charge in [0.25, 0.3) is 0 Å². The van der Waals surface area contributed by atoms with Crippen molar-refractivity contribution in [1.29, 1.82) is 0 Å². The molecule has 0 fully saturated rings. The average molecular weight is 219 g/mol. The zero-order valence-electron chi connectivity index (χ0n) is 8.86. The summed E-state index contributed by atoms with van der Waals surface area (Å²) in [7, 11) is 0. The van der Waals surface area contributed by atoms with Crippen LogP contribution in [0.2, 0.25) is 0 Å². The lowest BCUT2D eigenvalue weighted by Gasteiger charge is -2.07. The van der Waals surface area contributed by atoms with Crippen LogP contribution < -0.4 is 0 Å². The number of hydrogen-bond acceptors (Lipinski definition) is 3. The molecule has 2 nitrogen and oxygen atoms in total. The SMILES string of the molecule is Cc1nsc2cc(C(C)CC=O)ccc12. The molecular formula is C12H13NOS. The van der Waals surface area contributed by atoms with E-state index in [-0.39, 0.29) is 0 Å². The van der Waals surface area contributed by atoms with E-state index in [1.54, 1.807) is 0 Å². The highest BCUT2D eigenvalue weighted by Gasteiger charge is 2.07. The summed E-state index contributed by atoms with van der Waals surface area (Å²) in [6, 6.07) is 6.34. The van der Waals surface area contributed by atoms with E-state index in [1.165, 1.54) is 27.2 Å². The van der Waals surface area contributed by atoms with E-state index in [9.17, 15) is 4.79 Å². The largest absolute Gasteiger partial charge is 0.303 e. The maximum atomic E-state index is 10.4. The first-order valence-electron chi connectivity index (χ1n) is 5.02. The van der Waals surface area contributed by atoms with Crippen LogP contribution in [0.15, 0.2) is 18.2 Å². The smallest absolute Gasteiger partial charge is 0.120 e. The summed E-state index contributed by atoms with van der Waals surface area (Å²) < 4.78 is 5.53. The number of carbonyl (C=O) groups is 1. The van der Waals surface area contributed by atoms with E-state index >= 15 is 0 Å². The molecule has 0 aliphatic carbocycles. The third-order valence-corrected chi connectivity index (χ3v) is 3.59. The zero-order valence-corrected chi connectivity index (χ0v) is 9.67.